The van der Waals surface area contributed by atoms with Crippen LogP contribution >= 0.6 is 0 Å². The molecule has 0 unspecified atom stereocenters. The summed E-state index contributed by atoms with van der Waals surface area (Å²) in [6.07, 6.45) is 0. The fraction of sp³-hybridized carbons (Fsp3) is 0.417. The van der Waals surface area contributed by atoms with Gasteiger partial charge in [0.15, 0.2) is 0 Å². The van der Waals surface area contributed by atoms with Crippen molar-refractivity contribution in [3.8, 4) is 0 Å². The van der Waals surface area contributed by atoms with E-state index in [1.807, 2.05) is 37.3 Å². The standard InChI is InChI=1S/C12H17NO/c1-10(2)11(3)13-14-9-12-7-5-4-6-8-12/h4-8,10H,9H2,1-3H3/b13-11+. The molecule has 0 aliphatic carbocycles. The maximum Gasteiger partial charge on any atom is 0.142 e. The zero-order chi connectivity index (χ0) is 10.4. The van der Waals surface area contributed by atoms with Crippen LogP contribution in [0.1, 0.15) is 26.3 Å². The second kappa shape index (κ2) is 5.43. The largest absolute Gasteiger partial charge is 0.391 e. The minimum atomic E-state index is 0.450. The number of oxime groups is 1. The van der Waals surface area contributed by atoms with Gasteiger partial charge in [-0.1, -0.05) is 49.3 Å². The zero-order valence-corrected chi connectivity index (χ0v) is 9.03. The second-order valence-corrected chi connectivity index (χ2v) is 3.65. The maximum atomic E-state index is 5.23. The molecule has 0 spiro atoms. The van der Waals surface area contributed by atoms with E-state index in [2.05, 4.69) is 19.0 Å². The highest BCUT2D eigenvalue weighted by molar-refractivity contribution is 5.83. The van der Waals surface area contributed by atoms with E-state index in [0.717, 1.165) is 11.3 Å². The van der Waals surface area contributed by atoms with Crippen LogP contribution in [0.4, 0.5) is 0 Å². The van der Waals surface area contributed by atoms with Crippen molar-refractivity contribution in [2.75, 3.05) is 0 Å². The Morgan fingerprint density at radius 3 is 2.50 bits per heavy atom. The lowest BCUT2D eigenvalue weighted by molar-refractivity contribution is 0.129. The molecule has 2 heteroatoms. The van der Waals surface area contributed by atoms with Gasteiger partial charge in [0.2, 0.25) is 0 Å². The minimum Gasteiger partial charge on any atom is -0.391 e. The molecule has 0 N–H and O–H groups in total. The molecule has 0 fully saturated rings. The third-order valence-electron chi connectivity index (χ3n) is 2.12. The van der Waals surface area contributed by atoms with Crippen LogP contribution in [0, 0.1) is 5.92 Å². The van der Waals surface area contributed by atoms with Crippen LogP contribution in [0.2, 0.25) is 0 Å². The predicted octanol–water partition coefficient (Wildman–Crippen LogP) is 3.24. The van der Waals surface area contributed by atoms with Crippen molar-refractivity contribution in [1.82, 2.24) is 0 Å². The van der Waals surface area contributed by atoms with E-state index in [0.29, 0.717) is 12.5 Å². The van der Waals surface area contributed by atoms with Crippen molar-refractivity contribution in [3.63, 3.8) is 0 Å². The summed E-state index contributed by atoms with van der Waals surface area (Å²) in [6, 6.07) is 10.0. The van der Waals surface area contributed by atoms with Crippen molar-refractivity contribution in [2.24, 2.45) is 11.1 Å². The van der Waals surface area contributed by atoms with Crippen LogP contribution in [-0.4, -0.2) is 5.71 Å². The number of hydrogen-bond acceptors (Lipinski definition) is 2. The summed E-state index contributed by atoms with van der Waals surface area (Å²) in [5.41, 5.74) is 2.17. The van der Waals surface area contributed by atoms with Gasteiger partial charge in [-0.15, -0.1) is 0 Å². The molecular weight excluding hydrogens is 174 g/mol. The Morgan fingerprint density at radius 1 is 1.29 bits per heavy atom. The average molecular weight is 191 g/mol. The van der Waals surface area contributed by atoms with E-state index >= 15 is 0 Å². The Hall–Kier alpha value is -1.31. The highest BCUT2D eigenvalue weighted by Gasteiger charge is 1.97. The quantitative estimate of drug-likeness (QED) is 0.529. The molecule has 0 amide bonds. The first-order valence-electron chi connectivity index (χ1n) is 4.90. The number of benzene rings is 1. The van der Waals surface area contributed by atoms with Crippen LogP contribution < -0.4 is 0 Å². The topological polar surface area (TPSA) is 21.6 Å². The van der Waals surface area contributed by atoms with E-state index in [9.17, 15) is 0 Å². The predicted molar refractivity (Wildman–Crippen MR) is 59.2 cm³/mol. The first-order valence-corrected chi connectivity index (χ1v) is 4.90. The molecule has 0 bridgehead atoms. The lowest BCUT2D eigenvalue weighted by Gasteiger charge is -2.04. The van der Waals surface area contributed by atoms with Crippen molar-refractivity contribution >= 4 is 5.71 Å². The summed E-state index contributed by atoms with van der Waals surface area (Å²) in [4.78, 5) is 5.23. The van der Waals surface area contributed by atoms with Gasteiger partial charge in [-0.05, 0) is 18.4 Å². The molecule has 0 atom stereocenters. The summed E-state index contributed by atoms with van der Waals surface area (Å²) in [5, 5.41) is 4.04. The molecule has 0 saturated heterocycles. The van der Waals surface area contributed by atoms with Gasteiger partial charge >= 0.3 is 0 Å². The summed E-state index contributed by atoms with van der Waals surface area (Å²) in [6.45, 7) is 6.73. The summed E-state index contributed by atoms with van der Waals surface area (Å²) in [7, 11) is 0. The number of rotatable bonds is 4. The van der Waals surface area contributed by atoms with Crippen LogP contribution in [-0.2, 0) is 11.4 Å². The second-order valence-electron chi connectivity index (χ2n) is 3.65. The molecule has 1 rings (SSSR count). The van der Waals surface area contributed by atoms with Gasteiger partial charge in [0.1, 0.15) is 6.61 Å². The fourth-order valence-electron chi connectivity index (χ4n) is 0.888. The van der Waals surface area contributed by atoms with Crippen LogP contribution in [0.3, 0.4) is 0 Å². The normalized spacial score (nSPS) is 11.9. The molecular formula is C12H17NO. The third-order valence-corrected chi connectivity index (χ3v) is 2.12. The third kappa shape index (κ3) is 3.60. The summed E-state index contributed by atoms with van der Waals surface area (Å²) < 4.78 is 0. The van der Waals surface area contributed by atoms with Gasteiger partial charge in [-0.25, -0.2) is 0 Å². The lowest BCUT2D eigenvalue weighted by Crippen LogP contribution is -2.02. The molecule has 0 radical (unpaired) electrons. The molecule has 14 heavy (non-hydrogen) atoms. The van der Waals surface area contributed by atoms with E-state index < -0.39 is 0 Å². The smallest absolute Gasteiger partial charge is 0.142 e. The van der Waals surface area contributed by atoms with Gasteiger partial charge in [0, 0.05) is 0 Å². The molecule has 1 aromatic carbocycles. The van der Waals surface area contributed by atoms with Crippen LogP contribution in [0.25, 0.3) is 0 Å². The Kier molecular flexibility index (Phi) is 4.17. The van der Waals surface area contributed by atoms with Gasteiger partial charge < -0.3 is 4.84 Å². The Labute approximate surface area is 85.6 Å². The Balaban J connectivity index is 2.39. The molecule has 0 heterocycles. The van der Waals surface area contributed by atoms with E-state index in [4.69, 9.17) is 4.84 Å². The fourth-order valence-corrected chi connectivity index (χ4v) is 0.888. The summed E-state index contributed by atoms with van der Waals surface area (Å²) >= 11 is 0. The van der Waals surface area contributed by atoms with Crippen molar-refractivity contribution in [2.45, 2.75) is 27.4 Å². The highest BCUT2D eigenvalue weighted by atomic mass is 16.6. The van der Waals surface area contributed by atoms with Crippen LogP contribution in [0.15, 0.2) is 35.5 Å². The van der Waals surface area contributed by atoms with Crippen molar-refractivity contribution in [1.29, 1.82) is 0 Å². The number of hydrogen-bond donors (Lipinski definition) is 0. The molecule has 0 aromatic heterocycles. The first-order chi connectivity index (χ1) is 6.70. The van der Waals surface area contributed by atoms with Crippen molar-refractivity contribution in [3.05, 3.63) is 35.9 Å². The Morgan fingerprint density at radius 2 is 1.93 bits per heavy atom. The number of nitrogens with zero attached hydrogens (tertiary/aromatic N) is 1. The first kappa shape index (κ1) is 10.8. The van der Waals surface area contributed by atoms with Gasteiger partial charge in [0.05, 0.1) is 5.71 Å². The molecule has 2 nitrogen and oxygen atoms in total. The zero-order valence-electron chi connectivity index (χ0n) is 9.03. The lowest BCUT2D eigenvalue weighted by atomic mass is 10.1. The SMILES string of the molecule is C/C(=N\OCc1ccccc1)C(C)C. The maximum absolute atomic E-state index is 5.23. The highest BCUT2D eigenvalue weighted by Crippen LogP contribution is 2.02. The average Bonchev–Trinajstić information content (AvgIpc) is 2.19. The monoisotopic (exact) mass is 191 g/mol. The summed E-state index contributed by atoms with van der Waals surface area (Å²) in [5.74, 6) is 0.450. The molecule has 76 valence electrons. The molecule has 1 aromatic rings. The van der Waals surface area contributed by atoms with E-state index in [1.54, 1.807) is 0 Å². The van der Waals surface area contributed by atoms with Gasteiger partial charge in [0.25, 0.3) is 0 Å². The molecule has 0 aliphatic rings. The van der Waals surface area contributed by atoms with E-state index in [1.165, 1.54) is 0 Å². The van der Waals surface area contributed by atoms with Gasteiger partial charge in [-0.2, -0.15) is 0 Å². The van der Waals surface area contributed by atoms with Gasteiger partial charge in [-0.3, -0.25) is 0 Å². The minimum absolute atomic E-state index is 0.450. The Bertz CT molecular complexity index is 290. The molecule has 0 saturated carbocycles. The van der Waals surface area contributed by atoms with Crippen molar-refractivity contribution < 1.29 is 4.84 Å². The van der Waals surface area contributed by atoms with Crippen LogP contribution in [0.5, 0.6) is 0 Å². The van der Waals surface area contributed by atoms with E-state index in [-0.39, 0.29) is 0 Å². The molecule has 0 aliphatic heterocycles.